The third-order valence-corrected chi connectivity index (χ3v) is 4.42. The molecule has 2 aromatic carbocycles. The Morgan fingerprint density at radius 2 is 1.37 bits per heavy atom. The van der Waals surface area contributed by atoms with Crippen LogP contribution in [-0.4, -0.2) is 33.0 Å². The number of pyridine rings is 1. The van der Waals surface area contributed by atoms with Gasteiger partial charge in [0.2, 0.25) is 5.75 Å². The monoisotopic (exact) mass is 407 g/mol. The molecule has 0 aliphatic heterocycles. The number of aryl methyl sites for hydroxylation is 1. The predicted molar refractivity (Wildman–Crippen MR) is 111 cm³/mol. The minimum atomic E-state index is -0.649. The number of rotatable bonds is 7. The van der Waals surface area contributed by atoms with Crippen molar-refractivity contribution in [3.05, 3.63) is 83.7 Å². The van der Waals surface area contributed by atoms with Crippen molar-refractivity contribution >= 4 is 11.7 Å². The van der Waals surface area contributed by atoms with Gasteiger partial charge >= 0.3 is 5.97 Å². The fourth-order valence-electron chi connectivity index (χ4n) is 2.87. The van der Waals surface area contributed by atoms with Gasteiger partial charge < -0.3 is 19.0 Å². The van der Waals surface area contributed by atoms with Crippen molar-refractivity contribution in [3.8, 4) is 17.2 Å². The smallest absolute Gasteiger partial charge is 0.366 e. The lowest BCUT2D eigenvalue weighted by Gasteiger charge is -2.13. The van der Waals surface area contributed by atoms with Crippen molar-refractivity contribution in [2.24, 2.45) is 12.2 Å². The number of methoxy groups -OCH3 is 3. The molecule has 3 aromatic rings. The summed E-state index contributed by atoms with van der Waals surface area (Å²) in [5.74, 6) is 0.449. The molecule has 0 N–H and O–H groups in total. The molecule has 154 valence electrons. The topological polar surface area (TPSA) is 70.2 Å². The second-order valence-electron chi connectivity index (χ2n) is 6.35. The number of aromatic nitrogens is 1. The van der Waals surface area contributed by atoms with Crippen molar-refractivity contribution < 1.29 is 28.4 Å². The van der Waals surface area contributed by atoms with Crippen molar-refractivity contribution in [1.82, 2.24) is 0 Å². The van der Waals surface area contributed by atoms with Gasteiger partial charge in [-0.3, -0.25) is 0 Å². The number of carbonyl (C=O) groups is 1. The van der Waals surface area contributed by atoms with E-state index in [2.05, 4.69) is 5.16 Å². The van der Waals surface area contributed by atoms with Crippen LogP contribution in [0.3, 0.4) is 0 Å². The summed E-state index contributed by atoms with van der Waals surface area (Å²) >= 11 is 0. The van der Waals surface area contributed by atoms with Gasteiger partial charge in [0.15, 0.2) is 23.9 Å². The van der Waals surface area contributed by atoms with Crippen LogP contribution < -0.4 is 18.8 Å². The molecule has 30 heavy (non-hydrogen) atoms. The third kappa shape index (κ3) is 4.57. The van der Waals surface area contributed by atoms with Crippen molar-refractivity contribution in [2.75, 3.05) is 21.3 Å². The molecule has 0 atom stereocenters. The zero-order valence-corrected chi connectivity index (χ0v) is 17.3. The normalized spacial score (nSPS) is 11.0. The van der Waals surface area contributed by atoms with E-state index in [1.54, 1.807) is 0 Å². The lowest BCUT2D eigenvalue weighted by Crippen LogP contribution is -2.26. The standard InChI is InChI=1S/C23H23N2O5/c1-25-12-10-17(11-13-25)21(16-8-6-5-7-9-16)24-30-23(26)18-14-19(27-2)22(29-4)20(15-18)28-3/h5-15H,1-4H3/q+1/b24-21-. The molecule has 7 heteroatoms. The minimum Gasteiger partial charge on any atom is -0.493 e. The lowest BCUT2D eigenvalue weighted by molar-refractivity contribution is -0.671. The average molecular weight is 407 g/mol. The van der Waals surface area contributed by atoms with E-state index in [4.69, 9.17) is 19.0 Å². The number of nitrogens with zero attached hydrogens (tertiary/aromatic N) is 2. The molecule has 0 radical (unpaired) electrons. The second kappa shape index (κ2) is 9.56. The van der Waals surface area contributed by atoms with Crippen LogP contribution in [0.5, 0.6) is 17.2 Å². The van der Waals surface area contributed by atoms with Crippen LogP contribution in [0.25, 0.3) is 0 Å². The molecule has 0 amide bonds. The molecule has 0 bridgehead atoms. The number of hydrogen-bond donors (Lipinski definition) is 0. The first kappa shape index (κ1) is 20.9. The fraction of sp³-hybridized carbons (Fsp3) is 0.174. The van der Waals surface area contributed by atoms with Gasteiger partial charge in [-0.1, -0.05) is 35.5 Å². The first-order chi connectivity index (χ1) is 14.6. The highest BCUT2D eigenvalue weighted by Gasteiger charge is 2.19. The van der Waals surface area contributed by atoms with Gasteiger partial charge in [0.05, 0.1) is 26.9 Å². The zero-order chi connectivity index (χ0) is 21.5. The average Bonchev–Trinajstić information content (AvgIpc) is 2.79. The van der Waals surface area contributed by atoms with E-state index in [1.807, 2.05) is 66.5 Å². The predicted octanol–water partition coefficient (Wildman–Crippen LogP) is 3.15. The zero-order valence-electron chi connectivity index (χ0n) is 17.3. The van der Waals surface area contributed by atoms with Crippen molar-refractivity contribution in [2.45, 2.75) is 0 Å². The Morgan fingerprint density at radius 1 is 0.800 bits per heavy atom. The quantitative estimate of drug-likeness (QED) is 0.260. The molecular weight excluding hydrogens is 384 g/mol. The summed E-state index contributed by atoms with van der Waals surface area (Å²) in [5, 5.41) is 4.17. The molecule has 0 spiro atoms. The molecule has 0 aliphatic carbocycles. The van der Waals surface area contributed by atoms with Gasteiger partial charge in [-0.25, -0.2) is 9.36 Å². The Labute approximate surface area is 175 Å². The Balaban J connectivity index is 1.96. The lowest BCUT2D eigenvalue weighted by atomic mass is 10.0. The van der Waals surface area contributed by atoms with E-state index >= 15 is 0 Å². The summed E-state index contributed by atoms with van der Waals surface area (Å²) in [7, 11) is 6.38. The Kier molecular flexibility index (Phi) is 6.64. The summed E-state index contributed by atoms with van der Waals surface area (Å²) < 4.78 is 17.8. The maximum Gasteiger partial charge on any atom is 0.366 e. The molecule has 0 aliphatic rings. The summed E-state index contributed by atoms with van der Waals surface area (Å²) in [6.45, 7) is 0. The van der Waals surface area contributed by atoms with E-state index in [-0.39, 0.29) is 5.56 Å². The highest BCUT2D eigenvalue weighted by Crippen LogP contribution is 2.38. The molecular formula is C23H23N2O5+. The van der Waals surface area contributed by atoms with Crippen LogP contribution in [0.1, 0.15) is 21.5 Å². The van der Waals surface area contributed by atoms with E-state index < -0.39 is 5.97 Å². The molecule has 3 rings (SSSR count). The van der Waals surface area contributed by atoms with Gasteiger partial charge in [0.1, 0.15) is 12.8 Å². The molecule has 1 aromatic heterocycles. The molecule has 0 fully saturated rings. The van der Waals surface area contributed by atoms with Crippen LogP contribution in [0.2, 0.25) is 0 Å². The van der Waals surface area contributed by atoms with Crippen molar-refractivity contribution in [1.29, 1.82) is 0 Å². The van der Waals surface area contributed by atoms with Crippen LogP contribution in [-0.2, 0) is 11.9 Å². The summed E-state index contributed by atoms with van der Waals surface area (Å²) in [6.07, 6.45) is 3.80. The fourth-order valence-corrected chi connectivity index (χ4v) is 2.87. The summed E-state index contributed by atoms with van der Waals surface area (Å²) in [5.41, 5.74) is 2.40. The van der Waals surface area contributed by atoms with Gasteiger partial charge in [-0.15, -0.1) is 0 Å². The first-order valence-electron chi connectivity index (χ1n) is 9.17. The molecule has 0 saturated carbocycles. The minimum absolute atomic E-state index is 0.222. The van der Waals surface area contributed by atoms with E-state index in [0.29, 0.717) is 23.0 Å². The van der Waals surface area contributed by atoms with Gasteiger partial charge in [0.25, 0.3) is 0 Å². The number of carbonyl (C=O) groups excluding carboxylic acids is 1. The maximum absolute atomic E-state index is 12.7. The summed E-state index contributed by atoms with van der Waals surface area (Å²) in [4.78, 5) is 18.0. The first-order valence-corrected chi connectivity index (χ1v) is 9.17. The van der Waals surface area contributed by atoms with Crippen LogP contribution >= 0.6 is 0 Å². The second-order valence-corrected chi connectivity index (χ2v) is 6.35. The van der Waals surface area contributed by atoms with Gasteiger partial charge in [-0.2, -0.15) is 0 Å². The largest absolute Gasteiger partial charge is 0.493 e. The van der Waals surface area contributed by atoms with Gasteiger partial charge in [0, 0.05) is 23.3 Å². The summed E-state index contributed by atoms with van der Waals surface area (Å²) in [6, 6.07) is 16.3. The Hall–Kier alpha value is -3.87. The number of ether oxygens (including phenoxy) is 3. The van der Waals surface area contributed by atoms with Crippen LogP contribution in [0.4, 0.5) is 0 Å². The number of benzene rings is 2. The maximum atomic E-state index is 12.7. The number of oxime groups is 1. The molecule has 0 saturated heterocycles. The van der Waals surface area contributed by atoms with Crippen LogP contribution in [0.15, 0.2) is 72.1 Å². The highest BCUT2D eigenvalue weighted by atomic mass is 16.7. The molecule has 0 unspecified atom stereocenters. The third-order valence-electron chi connectivity index (χ3n) is 4.42. The Bertz CT molecular complexity index is 1020. The van der Waals surface area contributed by atoms with E-state index in [0.717, 1.165) is 11.1 Å². The van der Waals surface area contributed by atoms with Crippen LogP contribution in [0, 0.1) is 0 Å². The number of hydrogen-bond acceptors (Lipinski definition) is 6. The van der Waals surface area contributed by atoms with Gasteiger partial charge in [-0.05, 0) is 12.1 Å². The SMILES string of the molecule is COc1cc(C(=O)O/N=C(/c2ccccc2)c2cc[n+](C)cc2)cc(OC)c1OC. The van der Waals surface area contributed by atoms with E-state index in [9.17, 15) is 4.79 Å². The highest BCUT2D eigenvalue weighted by molar-refractivity contribution is 6.12. The Morgan fingerprint density at radius 3 is 1.90 bits per heavy atom. The van der Waals surface area contributed by atoms with Crippen molar-refractivity contribution in [3.63, 3.8) is 0 Å². The molecule has 1 heterocycles. The van der Waals surface area contributed by atoms with E-state index in [1.165, 1.54) is 33.5 Å². The molecule has 7 nitrogen and oxygen atoms in total.